The van der Waals surface area contributed by atoms with Crippen LogP contribution in [0.25, 0.3) is 0 Å². The Morgan fingerprint density at radius 2 is 1.93 bits per heavy atom. The molecule has 0 bridgehead atoms. The maximum absolute atomic E-state index is 11.9. The average Bonchev–Trinajstić information content (AvgIpc) is 3.20. The van der Waals surface area contributed by atoms with Gasteiger partial charge < -0.3 is 30.3 Å². The number of nitrogens with one attached hydrogen (secondary N) is 3. The number of aliphatic imine (C=N–C) groups is 1. The zero-order chi connectivity index (χ0) is 21.2. The topological polar surface area (TPSA) is 87.2 Å². The van der Waals surface area contributed by atoms with Crippen molar-refractivity contribution in [3.05, 3.63) is 18.2 Å². The number of ether oxygens (including phenoxy) is 2. The van der Waals surface area contributed by atoms with Crippen molar-refractivity contribution >= 4 is 41.5 Å². The van der Waals surface area contributed by atoms with E-state index in [1.807, 2.05) is 25.1 Å². The van der Waals surface area contributed by atoms with E-state index in [0.717, 1.165) is 49.1 Å². The van der Waals surface area contributed by atoms with E-state index in [0.29, 0.717) is 13.0 Å². The Morgan fingerprint density at radius 1 is 1.27 bits per heavy atom. The molecule has 1 aromatic carbocycles. The van der Waals surface area contributed by atoms with E-state index in [-0.39, 0.29) is 42.0 Å². The monoisotopic (exact) mass is 533 g/mol. The van der Waals surface area contributed by atoms with Crippen molar-refractivity contribution in [3.8, 4) is 11.5 Å². The maximum Gasteiger partial charge on any atom is 0.221 e. The second-order valence-electron chi connectivity index (χ2n) is 7.27. The Hall–Kier alpha value is -1.91. The third kappa shape index (κ3) is 8.08. The van der Waals surface area contributed by atoms with Crippen LogP contribution in [-0.2, 0) is 4.79 Å². The minimum absolute atomic E-state index is 0. The summed E-state index contributed by atoms with van der Waals surface area (Å²) >= 11 is 0. The number of halogens is 1. The van der Waals surface area contributed by atoms with Crippen molar-refractivity contribution in [1.82, 2.24) is 16.0 Å². The first kappa shape index (κ1) is 26.1. The van der Waals surface area contributed by atoms with Gasteiger partial charge in [-0.3, -0.25) is 9.79 Å². The summed E-state index contributed by atoms with van der Waals surface area (Å²) in [7, 11) is 5.06. The molecule has 1 aliphatic rings. The van der Waals surface area contributed by atoms with Gasteiger partial charge in [-0.2, -0.15) is 0 Å². The normalized spacial score (nSPS) is 17.0. The number of guanidine groups is 1. The number of nitrogens with zero attached hydrogens (tertiary/aromatic N) is 2. The molecule has 2 atom stereocenters. The Bertz CT molecular complexity index is 679. The van der Waals surface area contributed by atoms with Gasteiger partial charge in [-0.25, -0.2) is 0 Å². The van der Waals surface area contributed by atoms with Gasteiger partial charge in [0.25, 0.3) is 0 Å². The number of carbonyl (C=O) groups is 1. The lowest BCUT2D eigenvalue weighted by Gasteiger charge is -2.21. The molecular weight excluding hydrogens is 497 g/mol. The van der Waals surface area contributed by atoms with Crippen molar-refractivity contribution in [1.29, 1.82) is 0 Å². The summed E-state index contributed by atoms with van der Waals surface area (Å²) in [6, 6.07) is 6.40. The van der Waals surface area contributed by atoms with Gasteiger partial charge in [0, 0.05) is 69.1 Å². The SMILES string of the molecule is CCC(C)NC(=O)CCNC(=NC)NC1CCN(c2cc(OC)cc(OC)c2)C1.I. The number of carbonyl (C=O) groups excluding carboxylic acids is 1. The summed E-state index contributed by atoms with van der Waals surface area (Å²) < 4.78 is 10.8. The van der Waals surface area contributed by atoms with Crippen LogP contribution >= 0.6 is 24.0 Å². The molecule has 1 heterocycles. The summed E-state index contributed by atoms with van der Waals surface area (Å²) in [6.45, 7) is 6.40. The van der Waals surface area contributed by atoms with Gasteiger partial charge in [-0.05, 0) is 19.8 Å². The molecule has 1 aliphatic heterocycles. The van der Waals surface area contributed by atoms with Gasteiger partial charge in [-0.15, -0.1) is 24.0 Å². The lowest BCUT2D eigenvalue weighted by Crippen LogP contribution is -2.45. The van der Waals surface area contributed by atoms with E-state index in [9.17, 15) is 4.79 Å². The highest BCUT2D eigenvalue weighted by atomic mass is 127. The first-order chi connectivity index (χ1) is 14.0. The van der Waals surface area contributed by atoms with E-state index in [1.165, 1.54) is 0 Å². The fourth-order valence-corrected chi connectivity index (χ4v) is 3.22. The van der Waals surface area contributed by atoms with Crippen LogP contribution in [0, 0.1) is 0 Å². The van der Waals surface area contributed by atoms with Crippen molar-refractivity contribution in [2.75, 3.05) is 45.8 Å². The quantitative estimate of drug-likeness (QED) is 0.257. The predicted octanol–water partition coefficient (Wildman–Crippen LogP) is 2.37. The van der Waals surface area contributed by atoms with Crippen LogP contribution in [-0.4, -0.2) is 64.9 Å². The molecule has 0 radical (unpaired) electrons. The van der Waals surface area contributed by atoms with Crippen LogP contribution in [0.3, 0.4) is 0 Å². The van der Waals surface area contributed by atoms with E-state index < -0.39 is 0 Å². The molecule has 0 aromatic heterocycles. The zero-order valence-corrected chi connectivity index (χ0v) is 21.0. The van der Waals surface area contributed by atoms with Gasteiger partial charge in [0.15, 0.2) is 5.96 Å². The molecule has 1 saturated heterocycles. The first-order valence-electron chi connectivity index (χ1n) is 10.2. The Kier molecular flexibility index (Phi) is 11.7. The maximum atomic E-state index is 11.9. The summed E-state index contributed by atoms with van der Waals surface area (Å²) in [4.78, 5) is 18.5. The first-order valence-corrected chi connectivity index (χ1v) is 10.2. The molecule has 2 unspecified atom stereocenters. The van der Waals surface area contributed by atoms with E-state index in [1.54, 1.807) is 21.3 Å². The standard InChI is InChI=1S/C21H35N5O3.HI/c1-6-15(2)24-20(27)7-9-23-21(22-3)25-16-8-10-26(14-16)17-11-18(28-4)13-19(12-17)29-5;/h11-13,15-16H,6-10,14H2,1-5H3,(H,24,27)(H2,22,23,25);1H. The molecule has 1 aromatic rings. The fraction of sp³-hybridized carbons (Fsp3) is 0.619. The summed E-state index contributed by atoms with van der Waals surface area (Å²) in [6.07, 6.45) is 2.35. The highest BCUT2D eigenvalue weighted by Crippen LogP contribution is 2.30. The second kappa shape index (κ2) is 13.4. The number of methoxy groups -OCH3 is 2. The molecule has 0 aliphatic carbocycles. The lowest BCUT2D eigenvalue weighted by atomic mass is 10.2. The molecule has 0 spiro atoms. The van der Waals surface area contributed by atoms with E-state index in [4.69, 9.17) is 9.47 Å². The number of anilines is 1. The summed E-state index contributed by atoms with van der Waals surface area (Å²) in [5, 5.41) is 9.65. The molecule has 8 nitrogen and oxygen atoms in total. The number of rotatable bonds is 9. The van der Waals surface area contributed by atoms with Gasteiger partial charge in [0.2, 0.25) is 5.91 Å². The van der Waals surface area contributed by atoms with Crippen molar-refractivity contribution in [3.63, 3.8) is 0 Å². The zero-order valence-electron chi connectivity index (χ0n) is 18.7. The van der Waals surface area contributed by atoms with Crippen molar-refractivity contribution in [2.45, 2.75) is 45.2 Å². The van der Waals surface area contributed by atoms with E-state index in [2.05, 4.69) is 32.8 Å². The van der Waals surface area contributed by atoms with Gasteiger partial charge in [0.1, 0.15) is 11.5 Å². The number of amides is 1. The molecular formula is C21H36IN5O3. The minimum atomic E-state index is 0. The highest BCUT2D eigenvalue weighted by molar-refractivity contribution is 14.0. The van der Waals surface area contributed by atoms with Crippen LogP contribution in [0.15, 0.2) is 23.2 Å². The van der Waals surface area contributed by atoms with Crippen LogP contribution in [0.5, 0.6) is 11.5 Å². The molecule has 170 valence electrons. The third-order valence-electron chi connectivity index (χ3n) is 5.12. The summed E-state index contributed by atoms with van der Waals surface area (Å²) in [5.41, 5.74) is 1.08. The van der Waals surface area contributed by atoms with Gasteiger partial charge >= 0.3 is 0 Å². The molecule has 1 amide bonds. The predicted molar refractivity (Wildman–Crippen MR) is 133 cm³/mol. The number of benzene rings is 1. The van der Waals surface area contributed by atoms with Crippen LogP contribution in [0.1, 0.15) is 33.1 Å². The smallest absolute Gasteiger partial charge is 0.221 e. The minimum Gasteiger partial charge on any atom is -0.497 e. The molecule has 30 heavy (non-hydrogen) atoms. The molecule has 3 N–H and O–H groups in total. The van der Waals surface area contributed by atoms with Crippen LogP contribution in [0.2, 0.25) is 0 Å². The molecule has 0 saturated carbocycles. The third-order valence-corrected chi connectivity index (χ3v) is 5.12. The van der Waals surface area contributed by atoms with E-state index >= 15 is 0 Å². The van der Waals surface area contributed by atoms with Gasteiger partial charge in [-0.1, -0.05) is 6.92 Å². The van der Waals surface area contributed by atoms with Crippen molar-refractivity contribution < 1.29 is 14.3 Å². The number of hydrogen-bond donors (Lipinski definition) is 3. The lowest BCUT2D eigenvalue weighted by molar-refractivity contribution is -0.121. The Labute approximate surface area is 197 Å². The van der Waals surface area contributed by atoms with Crippen molar-refractivity contribution in [2.24, 2.45) is 4.99 Å². The largest absolute Gasteiger partial charge is 0.497 e. The second-order valence-corrected chi connectivity index (χ2v) is 7.27. The Balaban J connectivity index is 0.00000450. The number of hydrogen-bond acceptors (Lipinski definition) is 5. The molecule has 2 rings (SSSR count). The molecule has 1 fully saturated rings. The van der Waals surface area contributed by atoms with Crippen LogP contribution in [0.4, 0.5) is 5.69 Å². The van der Waals surface area contributed by atoms with Crippen LogP contribution < -0.4 is 30.3 Å². The summed E-state index contributed by atoms with van der Waals surface area (Å²) in [5.74, 6) is 2.34. The van der Waals surface area contributed by atoms with Gasteiger partial charge in [0.05, 0.1) is 14.2 Å². The Morgan fingerprint density at radius 3 is 2.50 bits per heavy atom. The molecule has 9 heteroatoms. The average molecular weight is 533 g/mol. The fourth-order valence-electron chi connectivity index (χ4n) is 3.22. The highest BCUT2D eigenvalue weighted by Gasteiger charge is 2.24.